The SMILES string of the molecule is O=C(Cc1cc(F)ccc1Cl)c1cc2cccc(Br)c2o1. The van der Waals surface area contributed by atoms with Crippen LogP contribution in [0.25, 0.3) is 11.0 Å². The number of carbonyl (C=O) groups excluding carboxylic acids is 1. The molecule has 5 heteroatoms. The third-order valence-corrected chi connectivity index (χ3v) is 4.12. The summed E-state index contributed by atoms with van der Waals surface area (Å²) >= 11 is 9.35. The Hall–Kier alpha value is -1.65. The van der Waals surface area contributed by atoms with Crippen molar-refractivity contribution in [2.45, 2.75) is 6.42 Å². The van der Waals surface area contributed by atoms with Gasteiger partial charge in [-0.15, -0.1) is 0 Å². The van der Waals surface area contributed by atoms with E-state index in [2.05, 4.69) is 15.9 Å². The van der Waals surface area contributed by atoms with E-state index >= 15 is 0 Å². The first kappa shape index (κ1) is 14.3. The second-order valence-corrected chi connectivity index (χ2v) is 5.87. The van der Waals surface area contributed by atoms with Gasteiger partial charge in [-0.3, -0.25) is 4.79 Å². The molecule has 0 N–H and O–H groups in total. The van der Waals surface area contributed by atoms with E-state index in [1.165, 1.54) is 18.2 Å². The summed E-state index contributed by atoms with van der Waals surface area (Å²) in [6.45, 7) is 0. The molecule has 0 bridgehead atoms. The topological polar surface area (TPSA) is 30.2 Å². The van der Waals surface area contributed by atoms with Gasteiger partial charge in [0.05, 0.1) is 4.47 Å². The summed E-state index contributed by atoms with van der Waals surface area (Å²) in [4.78, 5) is 12.3. The van der Waals surface area contributed by atoms with Gasteiger partial charge >= 0.3 is 0 Å². The molecule has 0 amide bonds. The monoisotopic (exact) mass is 366 g/mol. The molecule has 0 radical (unpaired) electrons. The molecule has 0 aliphatic carbocycles. The molecule has 3 aromatic rings. The van der Waals surface area contributed by atoms with E-state index in [9.17, 15) is 9.18 Å². The molecule has 0 saturated heterocycles. The van der Waals surface area contributed by atoms with Crippen molar-refractivity contribution in [3.63, 3.8) is 0 Å². The number of carbonyl (C=O) groups is 1. The number of hydrogen-bond acceptors (Lipinski definition) is 2. The zero-order chi connectivity index (χ0) is 15.0. The summed E-state index contributed by atoms with van der Waals surface area (Å²) in [6, 6.07) is 11.2. The van der Waals surface area contributed by atoms with E-state index in [-0.39, 0.29) is 18.0 Å². The molecule has 3 rings (SSSR count). The molecule has 106 valence electrons. The van der Waals surface area contributed by atoms with Crippen LogP contribution in [0.15, 0.2) is 51.4 Å². The highest BCUT2D eigenvalue weighted by Gasteiger charge is 2.16. The van der Waals surface area contributed by atoms with Crippen molar-refractivity contribution in [1.82, 2.24) is 0 Å². The first-order valence-electron chi connectivity index (χ1n) is 6.20. The molecule has 2 nitrogen and oxygen atoms in total. The lowest BCUT2D eigenvalue weighted by molar-refractivity contribution is 0.0968. The number of fused-ring (bicyclic) bond motifs is 1. The molecule has 1 heterocycles. The molecule has 0 saturated carbocycles. The van der Waals surface area contributed by atoms with Gasteiger partial charge in [0.1, 0.15) is 11.4 Å². The van der Waals surface area contributed by atoms with E-state index in [4.69, 9.17) is 16.0 Å². The van der Waals surface area contributed by atoms with Crippen molar-refractivity contribution in [3.05, 3.63) is 69.1 Å². The fraction of sp³-hybridized carbons (Fsp3) is 0.0625. The maximum atomic E-state index is 13.2. The lowest BCUT2D eigenvalue weighted by Gasteiger charge is -2.02. The highest BCUT2D eigenvalue weighted by molar-refractivity contribution is 9.10. The number of para-hydroxylation sites is 1. The van der Waals surface area contributed by atoms with Gasteiger partial charge in [-0.1, -0.05) is 23.7 Å². The van der Waals surface area contributed by atoms with Crippen molar-refractivity contribution < 1.29 is 13.6 Å². The molecule has 0 atom stereocenters. The summed E-state index contributed by atoms with van der Waals surface area (Å²) in [7, 11) is 0. The number of Topliss-reactive ketones (excluding diaryl/α,β-unsaturated/α-hetero) is 1. The van der Waals surface area contributed by atoms with Crippen molar-refractivity contribution in [3.8, 4) is 0 Å². The van der Waals surface area contributed by atoms with Crippen LogP contribution in [0.2, 0.25) is 5.02 Å². The average molecular weight is 368 g/mol. The Labute approximate surface area is 133 Å². The molecular weight excluding hydrogens is 359 g/mol. The molecule has 0 aliphatic rings. The predicted octanol–water partition coefficient (Wildman–Crippen LogP) is 5.41. The minimum atomic E-state index is -0.422. The summed E-state index contributed by atoms with van der Waals surface area (Å²) < 4.78 is 19.6. The lowest BCUT2D eigenvalue weighted by Crippen LogP contribution is -2.03. The molecule has 1 aromatic heterocycles. The van der Waals surface area contributed by atoms with Crippen molar-refractivity contribution in [1.29, 1.82) is 0 Å². The van der Waals surface area contributed by atoms with Crippen LogP contribution >= 0.6 is 27.5 Å². The fourth-order valence-corrected chi connectivity index (χ4v) is 2.75. The maximum absolute atomic E-state index is 13.2. The van der Waals surface area contributed by atoms with Crippen LogP contribution in [0.1, 0.15) is 16.1 Å². The molecule has 0 fully saturated rings. The van der Waals surface area contributed by atoms with E-state index < -0.39 is 5.82 Å². The zero-order valence-electron chi connectivity index (χ0n) is 10.7. The third kappa shape index (κ3) is 2.87. The first-order valence-corrected chi connectivity index (χ1v) is 7.37. The van der Waals surface area contributed by atoms with Crippen LogP contribution in [-0.4, -0.2) is 5.78 Å². The van der Waals surface area contributed by atoms with Gasteiger partial charge in [-0.25, -0.2) is 4.39 Å². The maximum Gasteiger partial charge on any atom is 0.202 e. The molecule has 0 spiro atoms. The Balaban J connectivity index is 1.93. The number of rotatable bonds is 3. The minimum Gasteiger partial charge on any atom is -0.452 e. The standard InChI is InChI=1S/C16H9BrClFO2/c17-12-3-1-2-9-8-15(21-16(9)12)14(20)7-10-6-11(19)4-5-13(10)18/h1-6,8H,7H2. The van der Waals surface area contributed by atoms with Crippen LogP contribution in [0.3, 0.4) is 0 Å². The molecule has 21 heavy (non-hydrogen) atoms. The summed E-state index contributed by atoms with van der Waals surface area (Å²) in [5.41, 5.74) is 1.06. The minimum absolute atomic E-state index is 0.00592. The average Bonchev–Trinajstić information content (AvgIpc) is 2.88. The summed E-state index contributed by atoms with van der Waals surface area (Å²) in [5.74, 6) is -0.433. The van der Waals surface area contributed by atoms with Crippen LogP contribution in [-0.2, 0) is 6.42 Å². The van der Waals surface area contributed by atoms with Gasteiger partial charge in [-0.2, -0.15) is 0 Å². The molecule has 0 unspecified atom stereocenters. The largest absolute Gasteiger partial charge is 0.452 e. The van der Waals surface area contributed by atoms with Gasteiger partial charge in [-0.05, 0) is 51.8 Å². The van der Waals surface area contributed by atoms with Crippen molar-refractivity contribution in [2.75, 3.05) is 0 Å². The van der Waals surface area contributed by atoms with E-state index in [0.29, 0.717) is 16.2 Å². The van der Waals surface area contributed by atoms with E-state index in [1.807, 2.05) is 18.2 Å². The quantitative estimate of drug-likeness (QED) is 0.579. The second kappa shape index (κ2) is 5.62. The Kier molecular flexibility index (Phi) is 3.83. The lowest BCUT2D eigenvalue weighted by atomic mass is 10.1. The highest BCUT2D eigenvalue weighted by Crippen LogP contribution is 2.28. The Morgan fingerprint density at radius 1 is 1.24 bits per heavy atom. The Bertz CT molecular complexity index is 841. The Morgan fingerprint density at radius 2 is 2.05 bits per heavy atom. The van der Waals surface area contributed by atoms with Gasteiger partial charge < -0.3 is 4.42 Å². The number of furan rings is 1. The molecular formula is C16H9BrClFO2. The number of halogens is 3. The zero-order valence-corrected chi connectivity index (χ0v) is 13.0. The number of hydrogen-bond donors (Lipinski definition) is 0. The van der Waals surface area contributed by atoms with Crippen LogP contribution in [0.4, 0.5) is 4.39 Å². The smallest absolute Gasteiger partial charge is 0.202 e. The van der Waals surface area contributed by atoms with E-state index in [0.717, 1.165) is 9.86 Å². The van der Waals surface area contributed by atoms with Gasteiger partial charge in [0, 0.05) is 16.8 Å². The van der Waals surface area contributed by atoms with E-state index in [1.54, 1.807) is 6.07 Å². The normalized spacial score (nSPS) is 11.0. The van der Waals surface area contributed by atoms with Crippen molar-refractivity contribution >= 4 is 44.3 Å². The fourth-order valence-electron chi connectivity index (χ4n) is 2.10. The first-order chi connectivity index (χ1) is 10.0. The third-order valence-electron chi connectivity index (χ3n) is 3.13. The molecule has 2 aromatic carbocycles. The van der Waals surface area contributed by atoms with Crippen molar-refractivity contribution in [2.24, 2.45) is 0 Å². The molecule has 0 aliphatic heterocycles. The van der Waals surface area contributed by atoms with Crippen LogP contribution in [0, 0.1) is 5.82 Å². The van der Waals surface area contributed by atoms with Crippen LogP contribution < -0.4 is 0 Å². The summed E-state index contributed by atoms with van der Waals surface area (Å²) in [5, 5.41) is 1.19. The number of benzene rings is 2. The second-order valence-electron chi connectivity index (χ2n) is 4.60. The van der Waals surface area contributed by atoms with Gasteiger partial charge in [0.25, 0.3) is 0 Å². The number of ketones is 1. The van der Waals surface area contributed by atoms with Gasteiger partial charge in [0.2, 0.25) is 5.78 Å². The van der Waals surface area contributed by atoms with Gasteiger partial charge in [0.15, 0.2) is 5.76 Å². The summed E-state index contributed by atoms with van der Waals surface area (Å²) in [6.07, 6.45) is -0.00592. The van der Waals surface area contributed by atoms with Crippen LogP contribution in [0.5, 0.6) is 0 Å². The Morgan fingerprint density at radius 3 is 2.81 bits per heavy atom. The predicted molar refractivity (Wildman–Crippen MR) is 83.4 cm³/mol. The highest BCUT2D eigenvalue weighted by atomic mass is 79.9.